The van der Waals surface area contributed by atoms with E-state index in [4.69, 9.17) is 11.6 Å². The van der Waals surface area contributed by atoms with Gasteiger partial charge in [-0.1, -0.05) is 55.5 Å². The molecule has 1 atom stereocenters. The molecule has 0 N–H and O–H groups in total. The first-order valence-electron chi connectivity index (χ1n) is 7.77. The second kappa shape index (κ2) is 6.21. The lowest BCUT2D eigenvalue weighted by molar-refractivity contribution is 0.176. The summed E-state index contributed by atoms with van der Waals surface area (Å²) in [6, 6.07) is 18.4. The van der Waals surface area contributed by atoms with Crippen LogP contribution in [0, 0.1) is 0 Å². The summed E-state index contributed by atoms with van der Waals surface area (Å²) in [5, 5.41) is 0. The Kier molecular flexibility index (Phi) is 4.32. The van der Waals surface area contributed by atoms with Gasteiger partial charge in [0.15, 0.2) is 0 Å². The van der Waals surface area contributed by atoms with E-state index in [2.05, 4.69) is 67.3 Å². The summed E-state index contributed by atoms with van der Waals surface area (Å²) in [4.78, 5) is 2.55. The summed E-state index contributed by atoms with van der Waals surface area (Å²) in [6.45, 7) is 5.47. The molecule has 0 unspecified atom stereocenters. The Morgan fingerprint density at radius 3 is 2.00 bits per heavy atom. The van der Waals surface area contributed by atoms with E-state index < -0.39 is 0 Å². The molecule has 3 rings (SSSR count). The van der Waals surface area contributed by atoms with Crippen LogP contribution in [-0.4, -0.2) is 23.4 Å². The molecule has 2 heteroatoms. The third kappa shape index (κ3) is 2.49. The fourth-order valence-electron chi connectivity index (χ4n) is 3.42. The molecule has 2 aromatic carbocycles. The maximum atomic E-state index is 6.09. The van der Waals surface area contributed by atoms with Gasteiger partial charge in [-0.25, -0.2) is 0 Å². The van der Waals surface area contributed by atoms with Crippen molar-refractivity contribution >= 4 is 11.6 Å². The third-order valence-corrected chi connectivity index (χ3v) is 4.80. The van der Waals surface area contributed by atoms with Gasteiger partial charge in [0, 0.05) is 18.5 Å². The number of halogens is 1. The van der Waals surface area contributed by atoms with Crippen LogP contribution in [0.3, 0.4) is 0 Å². The lowest BCUT2D eigenvalue weighted by Crippen LogP contribution is -2.37. The summed E-state index contributed by atoms with van der Waals surface area (Å²) < 4.78 is 0. The van der Waals surface area contributed by atoms with Crippen LogP contribution < -0.4 is 0 Å². The third-order valence-electron chi connectivity index (χ3n) is 4.63. The number of hydrogen-bond donors (Lipinski definition) is 0. The molecule has 1 nitrogen and oxygen atoms in total. The standard InChI is InChI=1S/C19H22ClN/c1-3-14(2)21(13-12-20)19-17-10-6-4-8-15(17)16-9-5-7-11-18(16)19/h4-11,14,19H,3,12-13H2,1-2H3/t14-/m0/s1. The van der Waals surface area contributed by atoms with Crippen LogP contribution in [0.4, 0.5) is 0 Å². The van der Waals surface area contributed by atoms with E-state index in [1.165, 1.54) is 22.3 Å². The molecule has 0 bridgehead atoms. The van der Waals surface area contributed by atoms with Gasteiger partial charge >= 0.3 is 0 Å². The van der Waals surface area contributed by atoms with Gasteiger partial charge in [0.05, 0.1) is 6.04 Å². The van der Waals surface area contributed by atoms with Crippen molar-refractivity contribution in [2.75, 3.05) is 12.4 Å². The lowest BCUT2D eigenvalue weighted by atomic mass is 10.0. The summed E-state index contributed by atoms with van der Waals surface area (Å²) in [7, 11) is 0. The molecule has 0 spiro atoms. The highest BCUT2D eigenvalue weighted by atomic mass is 35.5. The second-order valence-electron chi connectivity index (χ2n) is 5.76. The summed E-state index contributed by atoms with van der Waals surface area (Å²) in [6.07, 6.45) is 1.14. The van der Waals surface area contributed by atoms with E-state index in [0.29, 0.717) is 18.0 Å². The molecule has 21 heavy (non-hydrogen) atoms. The highest BCUT2D eigenvalue weighted by Crippen LogP contribution is 2.46. The van der Waals surface area contributed by atoms with E-state index in [1.54, 1.807) is 0 Å². The molecule has 1 aliphatic rings. The van der Waals surface area contributed by atoms with Crippen LogP contribution >= 0.6 is 11.6 Å². The van der Waals surface area contributed by atoms with Crippen LogP contribution in [0.1, 0.15) is 37.4 Å². The number of rotatable bonds is 5. The zero-order valence-corrected chi connectivity index (χ0v) is 13.5. The predicted molar refractivity (Wildman–Crippen MR) is 90.9 cm³/mol. The van der Waals surface area contributed by atoms with Crippen molar-refractivity contribution in [3.63, 3.8) is 0 Å². The van der Waals surface area contributed by atoms with E-state index in [0.717, 1.165) is 13.0 Å². The first-order chi connectivity index (χ1) is 10.3. The van der Waals surface area contributed by atoms with Gasteiger partial charge in [0.1, 0.15) is 0 Å². The van der Waals surface area contributed by atoms with Crippen LogP contribution in [0.2, 0.25) is 0 Å². The quantitative estimate of drug-likeness (QED) is 0.695. The zero-order valence-electron chi connectivity index (χ0n) is 12.7. The Bertz CT molecular complexity index is 577. The Morgan fingerprint density at radius 2 is 1.52 bits per heavy atom. The lowest BCUT2D eigenvalue weighted by Gasteiger charge is -2.34. The van der Waals surface area contributed by atoms with Gasteiger partial charge in [-0.3, -0.25) is 4.90 Å². The minimum absolute atomic E-state index is 0.339. The van der Waals surface area contributed by atoms with Crippen LogP contribution in [0.15, 0.2) is 48.5 Å². The Morgan fingerprint density at radius 1 is 1.00 bits per heavy atom. The van der Waals surface area contributed by atoms with Gasteiger partial charge in [0.2, 0.25) is 0 Å². The van der Waals surface area contributed by atoms with E-state index in [-0.39, 0.29) is 0 Å². The molecule has 0 radical (unpaired) electrons. The van der Waals surface area contributed by atoms with Gasteiger partial charge in [-0.2, -0.15) is 0 Å². The number of benzene rings is 2. The Balaban J connectivity index is 2.12. The topological polar surface area (TPSA) is 3.24 Å². The highest BCUT2D eigenvalue weighted by Gasteiger charge is 2.33. The Labute approximate surface area is 132 Å². The molecule has 0 amide bonds. The highest BCUT2D eigenvalue weighted by molar-refractivity contribution is 6.18. The Hall–Kier alpha value is -1.31. The van der Waals surface area contributed by atoms with Gasteiger partial charge in [0.25, 0.3) is 0 Å². The smallest absolute Gasteiger partial charge is 0.0616 e. The van der Waals surface area contributed by atoms with Gasteiger partial charge < -0.3 is 0 Å². The van der Waals surface area contributed by atoms with Crippen molar-refractivity contribution in [1.82, 2.24) is 4.90 Å². The van der Waals surface area contributed by atoms with Crippen molar-refractivity contribution in [1.29, 1.82) is 0 Å². The summed E-state index contributed by atoms with van der Waals surface area (Å²) >= 11 is 6.09. The number of hydrogen-bond acceptors (Lipinski definition) is 1. The summed E-state index contributed by atoms with van der Waals surface area (Å²) in [5.41, 5.74) is 5.59. The van der Waals surface area contributed by atoms with Crippen LogP contribution in [0.5, 0.6) is 0 Å². The van der Waals surface area contributed by atoms with Crippen molar-refractivity contribution in [3.05, 3.63) is 59.7 Å². The fourth-order valence-corrected chi connectivity index (χ4v) is 3.62. The van der Waals surface area contributed by atoms with E-state index in [1.807, 2.05) is 0 Å². The zero-order chi connectivity index (χ0) is 14.8. The number of nitrogens with zero attached hydrogens (tertiary/aromatic N) is 1. The summed E-state index contributed by atoms with van der Waals surface area (Å²) in [5.74, 6) is 0.672. The van der Waals surface area contributed by atoms with Crippen LogP contribution in [-0.2, 0) is 0 Å². The maximum Gasteiger partial charge on any atom is 0.0616 e. The second-order valence-corrected chi connectivity index (χ2v) is 6.14. The molecule has 0 aliphatic heterocycles. The van der Waals surface area contributed by atoms with Crippen LogP contribution in [0.25, 0.3) is 11.1 Å². The SMILES string of the molecule is CC[C@H](C)N(CCCl)C1c2ccccc2-c2ccccc21. The normalized spacial score (nSPS) is 15.0. The van der Waals surface area contributed by atoms with Gasteiger partial charge in [-0.05, 0) is 35.6 Å². The molecule has 0 fully saturated rings. The number of alkyl halides is 1. The monoisotopic (exact) mass is 299 g/mol. The van der Waals surface area contributed by atoms with E-state index in [9.17, 15) is 0 Å². The molecule has 0 saturated carbocycles. The molecular weight excluding hydrogens is 278 g/mol. The number of fused-ring (bicyclic) bond motifs is 3. The van der Waals surface area contributed by atoms with Crippen molar-refractivity contribution in [3.8, 4) is 11.1 Å². The molecule has 0 heterocycles. The molecule has 2 aromatic rings. The largest absolute Gasteiger partial charge is 0.288 e. The van der Waals surface area contributed by atoms with Crippen molar-refractivity contribution < 1.29 is 0 Å². The predicted octanol–water partition coefficient (Wildman–Crippen LogP) is 5.10. The fraction of sp³-hybridized carbons (Fsp3) is 0.368. The first-order valence-corrected chi connectivity index (χ1v) is 8.31. The molecule has 0 saturated heterocycles. The van der Waals surface area contributed by atoms with Gasteiger partial charge in [-0.15, -0.1) is 11.6 Å². The van der Waals surface area contributed by atoms with E-state index >= 15 is 0 Å². The first kappa shape index (κ1) is 14.6. The maximum absolute atomic E-state index is 6.09. The molecule has 110 valence electrons. The molecule has 0 aromatic heterocycles. The molecule has 1 aliphatic carbocycles. The van der Waals surface area contributed by atoms with Crippen molar-refractivity contribution in [2.24, 2.45) is 0 Å². The molecular formula is C19H22ClN. The minimum atomic E-state index is 0.339. The average molecular weight is 300 g/mol. The van der Waals surface area contributed by atoms with Crippen molar-refractivity contribution in [2.45, 2.75) is 32.4 Å². The minimum Gasteiger partial charge on any atom is -0.288 e. The average Bonchev–Trinajstić information content (AvgIpc) is 2.86.